The van der Waals surface area contributed by atoms with Crippen LogP contribution in [0.1, 0.15) is 17.5 Å². The Labute approximate surface area is 170 Å². The third-order valence-corrected chi connectivity index (χ3v) is 5.59. The quantitative estimate of drug-likeness (QED) is 0.659. The van der Waals surface area contributed by atoms with Gasteiger partial charge in [-0.1, -0.05) is 41.4 Å². The zero-order valence-corrected chi connectivity index (χ0v) is 16.9. The first-order valence-corrected chi connectivity index (χ1v) is 10.1. The number of halogens is 1. The Morgan fingerprint density at radius 2 is 1.93 bits per heavy atom. The van der Waals surface area contributed by atoms with Gasteiger partial charge in [-0.3, -0.25) is 14.4 Å². The van der Waals surface area contributed by atoms with Gasteiger partial charge >= 0.3 is 0 Å². The molecule has 0 bridgehead atoms. The molecule has 1 saturated heterocycles. The molecule has 2 aromatic carbocycles. The van der Waals surface area contributed by atoms with Gasteiger partial charge < -0.3 is 4.90 Å². The number of aryl methyl sites for hydroxylation is 2. The molecule has 1 aliphatic rings. The van der Waals surface area contributed by atoms with Crippen LogP contribution in [0.2, 0.25) is 5.02 Å². The Hall–Kier alpha value is -2.37. The van der Waals surface area contributed by atoms with Crippen molar-refractivity contribution in [2.45, 2.75) is 26.4 Å². The maximum Gasteiger partial charge on any atom is 0.224 e. The fourth-order valence-corrected chi connectivity index (χ4v) is 4.00. The maximum atomic E-state index is 12.6. The molecule has 1 fully saturated rings. The number of amides is 1. The molecular formula is C22H25ClN4O. The summed E-state index contributed by atoms with van der Waals surface area (Å²) in [5, 5.41) is 6.10. The largest absolute Gasteiger partial charge is 0.340 e. The van der Waals surface area contributed by atoms with Crippen LogP contribution in [0.3, 0.4) is 0 Å². The second-order valence-electron chi connectivity index (χ2n) is 7.47. The molecule has 0 atom stereocenters. The topological polar surface area (TPSA) is 41.4 Å². The van der Waals surface area contributed by atoms with Crippen LogP contribution in [0.4, 0.5) is 0 Å². The number of hydrogen-bond donors (Lipinski definition) is 0. The van der Waals surface area contributed by atoms with Gasteiger partial charge in [0.2, 0.25) is 5.91 Å². The molecule has 4 rings (SSSR count). The average Bonchev–Trinajstić information content (AvgIpc) is 3.08. The van der Waals surface area contributed by atoms with E-state index in [4.69, 9.17) is 11.6 Å². The smallest absolute Gasteiger partial charge is 0.224 e. The van der Waals surface area contributed by atoms with Crippen LogP contribution in [0.15, 0.2) is 48.7 Å². The summed E-state index contributed by atoms with van der Waals surface area (Å²) in [7, 11) is 0. The van der Waals surface area contributed by atoms with E-state index < -0.39 is 0 Å². The summed E-state index contributed by atoms with van der Waals surface area (Å²) in [6.45, 7) is 7.09. The van der Waals surface area contributed by atoms with Gasteiger partial charge in [-0.25, -0.2) is 0 Å². The highest BCUT2D eigenvalue weighted by Gasteiger charge is 2.21. The van der Waals surface area contributed by atoms with Gasteiger partial charge in [-0.2, -0.15) is 5.10 Å². The third kappa shape index (κ3) is 4.37. The number of fused-ring (bicyclic) bond motifs is 1. The molecular weight excluding hydrogens is 372 g/mol. The van der Waals surface area contributed by atoms with Crippen molar-refractivity contribution in [2.24, 2.45) is 0 Å². The van der Waals surface area contributed by atoms with Crippen molar-refractivity contribution in [3.63, 3.8) is 0 Å². The van der Waals surface area contributed by atoms with E-state index >= 15 is 0 Å². The van der Waals surface area contributed by atoms with Crippen molar-refractivity contribution in [3.8, 4) is 0 Å². The lowest BCUT2D eigenvalue weighted by Crippen LogP contribution is -2.48. The van der Waals surface area contributed by atoms with Crippen LogP contribution in [0.25, 0.3) is 10.9 Å². The maximum absolute atomic E-state index is 12.6. The molecule has 5 nitrogen and oxygen atoms in total. The number of carbonyl (C=O) groups excluding carboxylic acids is 1. The average molecular weight is 397 g/mol. The molecule has 1 amide bonds. The Bertz CT molecular complexity index is 976. The van der Waals surface area contributed by atoms with E-state index in [1.807, 2.05) is 27.8 Å². The summed E-state index contributed by atoms with van der Waals surface area (Å²) in [5.41, 5.74) is 3.64. The minimum atomic E-state index is 0.202. The predicted octanol–water partition coefficient (Wildman–Crippen LogP) is 3.73. The molecule has 6 heteroatoms. The first kappa shape index (κ1) is 19.0. The van der Waals surface area contributed by atoms with Crippen LogP contribution in [0.5, 0.6) is 0 Å². The molecule has 28 heavy (non-hydrogen) atoms. The summed E-state index contributed by atoms with van der Waals surface area (Å²) in [5.74, 6) is 0.202. The minimum Gasteiger partial charge on any atom is -0.340 e. The highest BCUT2D eigenvalue weighted by molar-refractivity contribution is 6.31. The number of aromatic nitrogens is 2. The van der Waals surface area contributed by atoms with Gasteiger partial charge in [0.05, 0.1) is 18.3 Å². The second-order valence-corrected chi connectivity index (χ2v) is 7.90. The Balaban J connectivity index is 1.28. The monoisotopic (exact) mass is 396 g/mol. The lowest BCUT2D eigenvalue weighted by atomic mass is 10.1. The molecule has 0 radical (unpaired) electrons. The number of hydrogen-bond acceptors (Lipinski definition) is 3. The minimum absolute atomic E-state index is 0.202. The predicted molar refractivity (Wildman–Crippen MR) is 112 cm³/mol. The van der Waals surface area contributed by atoms with E-state index in [-0.39, 0.29) is 5.91 Å². The zero-order valence-electron chi connectivity index (χ0n) is 16.1. The lowest BCUT2D eigenvalue weighted by molar-refractivity contribution is -0.133. The van der Waals surface area contributed by atoms with Gasteiger partial charge in [0, 0.05) is 49.6 Å². The lowest BCUT2D eigenvalue weighted by Gasteiger charge is -2.35. The van der Waals surface area contributed by atoms with E-state index in [2.05, 4.69) is 41.2 Å². The van der Waals surface area contributed by atoms with Crippen molar-refractivity contribution in [3.05, 3.63) is 64.8 Å². The molecule has 146 valence electrons. The van der Waals surface area contributed by atoms with Gasteiger partial charge in [0.25, 0.3) is 0 Å². The third-order valence-electron chi connectivity index (χ3n) is 5.35. The van der Waals surface area contributed by atoms with Crippen molar-refractivity contribution in [1.82, 2.24) is 19.6 Å². The van der Waals surface area contributed by atoms with E-state index in [0.717, 1.165) is 43.6 Å². The molecule has 0 N–H and O–H groups in total. The summed E-state index contributed by atoms with van der Waals surface area (Å²) < 4.78 is 1.89. The number of benzene rings is 2. The van der Waals surface area contributed by atoms with Crippen molar-refractivity contribution >= 4 is 28.4 Å². The molecule has 0 aliphatic carbocycles. The van der Waals surface area contributed by atoms with Crippen molar-refractivity contribution in [1.29, 1.82) is 0 Å². The van der Waals surface area contributed by atoms with E-state index in [1.54, 1.807) is 6.20 Å². The van der Waals surface area contributed by atoms with Crippen LogP contribution in [-0.2, 0) is 17.9 Å². The van der Waals surface area contributed by atoms with E-state index in [9.17, 15) is 4.79 Å². The standard InChI is InChI=1S/C22H25ClN4O/c1-17-3-2-4-18(13-17)16-25-9-11-26(12-10-25)22(28)7-8-27-21-6-5-20(23)14-19(21)15-24-27/h2-6,13-15H,7-12,16H2,1H3. The summed E-state index contributed by atoms with van der Waals surface area (Å²) >= 11 is 6.03. The molecule has 0 saturated carbocycles. The number of carbonyl (C=O) groups is 1. The van der Waals surface area contributed by atoms with Crippen LogP contribution in [-0.4, -0.2) is 51.7 Å². The number of rotatable bonds is 5. The summed E-state index contributed by atoms with van der Waals surface area (Å²) in [6, 6.07) is 14.4. The normalized spacial score (nSPS) is 15.3. The highest BCUT2D eigenvalue weighted by Crippen LogP contribution is 2.19. The Kier molecular flexibility index (Phi) is 5.64. The SMILES string of the molecule is Cc1cccc(CN2CCN(C(=O)CCn3ncc4cc(Cl)ccc43)CC2)c1. The fraction of sp³-hybridized carbons (Fsp3) is 0.364. The first-order valence-electron chi connectivity index (χ1n) is 9.75. The van der Waals surface area contributed by atoms with Crippen molar-refractivity contribution in [2.75, 3.05) is 26.2 Å². The first-order chi connectivity index (χ1) is 13.6. The van der Waals surface area contributed by atoms with Gasteiger partial charge in [0.1, 0.15) is 0 Å². The van der Waals surface area contributed by atoms with Crippen LogP contribution >= 0.6 is 11.6 Å². The molecule has 2 heterocycles. The summed E-state index contributed by atoms with van der Waals surface area (Å²) in [6.07, 6.45) is 2.27. The van der Waals surface area contributed by atoms with Gasteiger partial charge in [-0.05, 0) is 30.7 Å². The molecule has 0 spiro atoms. The molecule has 3 aromatic rings. The zero-order chi connectivity index (χ0) is 19.5. The van der Waals surface area contributed by atoms with Crippen molar-refractivity contribution < 1.29 is 4.79 Å². The van der Waals surface area contributed by atoms with E-state index in [0.29, 0.717) is 18.0 Å². The van der Waals surface area contributed by atoms with E-state index in [1.165, 1.54) is 11.1 Å². The Morgan fingerprint density at radius 3 is 2.71 bits per heavy atom. The van der Waals surface area contributed by atoms with Crippen LogP contribution in [0, 0.1) is 6.92 Å². The summed E-state index contributed by atoms with van der Waals surface area (Å²) in [4.78, 5) is 17.0. The highest BCUT2D eigenvalue weighted by atomic mass is 35.5. The molecule has 1 aromatic heterocycles. The number of nitrogens with zero attached hydrogens (tertiary/aromatic N) is 4. The Morgan fingerprint density at radius 1 is 1.11 bits per heavy atom. The molecule has 0 unspecified atom stereocenters. The van der Waals surface area contributed by atoms with Gasteiger partial charge in [-0.15, -0.1) is 0 Å². The number of piperazine rings is 1. The fourth-order valence-electron chi connectivity index (χ4n) is 3.82. The molecule has 1 aliphatic heterocycles. The van der Waals surface area contributed by atoms with Crippen LogP contribution < -0.4 is 0 Å². The van der Waals surface area contributed by atoms with Gasteiger partial charge in [0.15, 0.2) is 0 Å². The second kappa shape index (κ2) is 8.33.